The van der Waals surface area contributed by atoms with Gasteiger partial charge in [0, 0.05) is 34.3 Å². The van der Waals surface area contributed by atoms with Crippen molar-refractivity contribution in [1.82, 2.24) is 10.6 Å². The number of hydrogen-bond acceptors (Lipinski definition) is 14. The Hall–Kier alpha value is -4.84. The van der Waals surface area contributed by atoms with Crippen molar-refractivity contribution >= 4 is 23.1 Å². The highest BCUT2D eigenvalue weighted by molar-refractivity contribution is 6.03. The number of carbonyl (C=O) groups excluding carboxylic acids is 4. The van der Waals surface area contributed by atoms with Gasteiger partial charge in [-0.3, -0.25) is 19.2 Å². The van der Waals surface area contributed by atoms with Gasteiger partial charge in [0.05, 0.1) is 63.4 Å². The molecule has 6 N–H and O–H groups in total. The lowest BCUT2D eigenvalue weighted by atomic mass is 9.91. The quantitative estimate of drug-likeness (QED) is 0.0290. The van der Waals surface area contributed by atoms with Gasteiger partial charge in [0.1, 0.15) is 22.4 Å². The van der Waals surface area contributed by atoms with Crippen LogP contribution in [-0.4, -0.2) is 129 Å². The number of hydrogen-bond donors (Lipinski definition) is 6. The molecule has 0 aliphatic heterocycles. The number of rotatable bonds is 29. The predicted molar refractivity (Wildman–Crippen MR) is 274 cm³/mol. The molecule has 0 aliphatic carbocycles. The fourth-order valence-electron chi connectivity index (χ4n) is 7.62. The molecule has 14 nitrogen and oxygen atoms in total. The Balaban J connectivity index is 1.27. The maximum absolute atomic E-state index is 12.7. The topological polar surface area (TPSA) is 210 Å². The molecular weight excluding hydrogens is 905 g/mol. The molecule has 0 amide bonds. The molecule has 5 unspecified atom stereocenters. The highest BCUT2D eigenvalue weighted by Crippen LogP contribution is 2.28. The van der Waals surface area contributed by atoms with Crippen molar-refractivity contribution in [2.45, 2.75) is 155 Å². The third-order valence-corrected chi connectivity index (χ3v) is 11.7. The first-order valence-electron chi connectivity index (χ1n) is 24.4. The van der Waals surface area contributed by atoms with Gasteiger partial charge >= 0.3 is 0 Å². The van der Waals surface area contributed by atoms with E-state index in [4.69, 9.17) is 18.9 Å². The van der Waals surface area contributed by atoms with Crippen molar-refractivity contribution in [1.29, 1.82) is 0 Å². The Kier molecular flexibility index (Phi) is 20.8. The molecule has 4 rings (SSSR count). The van der Waals surface area contributed by atoms with E-state index >= 15 is 0 Å². The molecule has 0 bridgehead atoms. The van der Waals surface area contributed by atoms with Crippen molar-refractivity contribution in [3.63, 3.8) is 0 Å². The van der Waals surface area contributed by atoms with Crippen LogP contribution in [0.2, 0.25) is 0 Å². The van der Waals surface area contributed by atoms with E-state index < -0.39 is 22.4 Å². The molecule has 388 valence electrons. The second-order valence-electron chi connectivity index (χ2n) is 21.0. The summed E-state index contributed by atoms with van der Waals surface area (Å²) in [6.45, 7) is 23.2. The zero-order chi connectivity index (χ0) is 53.1. The monoisotopic (exact) mass is 983 g/mol. The Morgan fingerprint density at radius 2 is 0.606 bits per heavy atom. The molecule has 71 heavy (non-hydrogen) atoms. The Morgan fingerprint density at radius 1 is 0.380 bits per heavy atom. The van der Waals surface area contributed by atoms with E-state index in [1.807, 2.05) is 83.1 Å². The van der Waals surface area contributed by atoms with Gasteiger partial charge in [-0.2, -0.15) is 0 Å². The van der Waals surface area contributed by atoms with E-state index in [-0.39, 0.29) is 65.6 Å². The van der Waals surface area contributed by atoms with Gasteiger partial charge in [0.25, 0.3) is 0 Å². The van der Waals surface area contributed by atoms with Gasteiger partial charge < -0.3 is 50.0 Å². The highest BCUT2D eigenvalue weighted by Gasteiger charge is 2.30. The normalized spacial score (nSPS) is 14.8. The molecule has 0 spiro atoms. The van der Waals surface area contributed by atoms with Crippen LogP contribution in [0.5, 0.6) is 0 Å². The summed E-state index contributed by atoms with van der Waals surface area (Å²) >= 11 is 0. The van der Waals surface area contributed by atoms with Gasteiger partial charge in [-0.25, -0.2) is 0 Å². The van der Waals surface area contributed by atoms with E-state index in [1.165, 1.54) is 55.4 Å². The highest BCUT2D eigenvalue weighted by atomic mass is 16.6. The summed E-state index contributed by atoms with van der Waals surface area (Å²) in [6, 6.07) is 27.3. The SMILES string of the molecule is CC(COCC(C)OCC(C)OCC(C)OCC(C)NC(c1ccc(C(=O)C(C)(C)O)cc1)c1ccc(C(=O)C(C)(C)O)cc1)NC(c1ccc(C(=O)C(C)(C)O)cc1)c1ccc(C(=O)C(C)(C)O)cc1. The van der Waals surface area contributed by atoms with Crippen LogP contribution in [0.25, 0.3) is 0 Å². The summed E-state index contributed by atoms with van der Waals surface area (Å²) in [7, 11) is 0. The molecule has 0 heterocycles. The second kappa shape index (κ2) is 25.2. The molecule has 0 saturated carbocycles. The Labute approximate surface area is 420 Å². The van der Waals surface area contributed by atoms with Crippen LogP contribution in [0.3, 0.4) is 0 Å². The minimum absolute atomic E-state index is 0.137. The van der Waals surface area contributed by atoms with Crippen LogP contribution < -0.4 is 10.6 Å². The average Bonchev–Trinajstić information content (AvgIpc) is 3.31. The van der Waals surface area contributed by atoms with Crippen molar-refractivity contribution in [3.05, 3.63) is 142 Å². The minimum Gasteiger partial charge on any atom is -0.382 e. The zero-order valence-corrected chi connectivity index (χ0v) is 43.9. The van der Waals surface area contributed by atoms with Gasteiger partial charge in [-0.05, 0) is 112 Å². The summed E-state index contributed by atoms with van der Waals surface area (Å²) in [4.78, 5) is 50.9. The van der Waals surface area contributed by atoms with Crippen LogP contribution in [0.4, 0.5) is 0 Å². The summed E-state index contributed by atoms with van der Waals surface area (Å²) < 4.78 is 24.4. The van der Waals surface area contributed by atoms with Crippen molar-refractivity contribution in [2.75, 3.05) is 33.0 Å². The van der Waals surface area contributed by atoms with E-state index in [0.717, 1.165) is 22.3 Å². The molecule has 0 fully saturated rings. The molecule has 0 saturated heterocycles. The lowest BCUT2D eigenvalue weighted by Crippen LogP contribution is -2.37. The number of carbonyl (C=O) groups is 4. The fraction of sp³-hybridized carbons (Fsp3) is 0.509. The van der Waals surface area contributed by atoms with E-state index in [2.05, 4.69) is 10.6 Å². The average molecular weight is 983 g/mol. The molecule has 14 heteroatoms. The van der Waals surface area contributed by atoms with Gasteiger partial charge in [-0.15, -0.1) is 0 Å². The predicted octanol–water partition coefficient (Wildman–Crippen LogP) is 7.57. The van der Waals surface area contributed by atoms with Gasteiger partial charge in [0.15, 0.2) is 23.1 Å². The second-order valence-corrected chi connectivity index (χ2v) is 21.0. The molecule has 4 aromatic rings. The van der Waals surface area contributed by atoms with E-state index in [0.29, 0.717) is 55.3 Å². The molecule has 5 atom stereocenters. The maximum Gasteiger partial charge on any atom is 0.193 e. The summed E-state index contributed by atoms with van der Waals surface area (Å²) in [5, 5.41) is 48.3. The zero-order valence-electron chi connectivity index (χ0n) is 43.9. The van der Waals surface area contributed by atoms with Crippen LogP contribution in [0.1, 0.15) is 166 Å². The number of Topliss-reactive ketones (excluding diaryl/α,β-unsaturated/α-hetero) is 4. The fourth-order valence-corrected chi connectivity index (χ4v) is 7.62. The van der Waals surface area contributed by atoms with Crippen LogP contribution in [-0.2, 0) is 18.9 Å². The van der Waals surface area contributed by atoms with Crippen molar-refractivity contribution in [3.8, 4) is 0 Å². The first kappa shape index (κ1) is 58.7. The van der Waals surface area contributed by atoms with E-state index in [1.54, 1.807) is 48.5 Å². The van der Waals surface area contributed by atoms with Crippen molar-refractivity contribution in [2.24, 2.45) is 0 Å². The van der Waals surface area contributed by atoms with Crippen LogP contribution in [0, 0.1) is 0 Å². The lowest BCUT2D eigenvalue weighted by Gasteiger charge is -2.26. The van der Waals surface area contributed by atoms with Crippen LogP contribution in [0.15, 0.2) is 97.1 Å². The number of nitrogens with one attached hydrogen (secondary N) is 2. The van der Waals surface area contributed by atoms with Gasteiger partial charge in [0.2, 0.25) is 0 Å². The Morgan fingerprint density at radius 3 is 0.859 bits per heavy atom. The van der Waals surface area contributed by atoms with Gasteiger partial charge in [-0.1, -0.05) is 97.1 Å². The standard InChI is InChI=1S/C57H78N2O12/c1-35(58-48(40-14-22-44(23-15-40)50(60)54(6,7)64)41-16-24-45(25-17-41)51(61)55(8,9)65)30-68-32-37(3)70-34-39(5)71-33-38(4)69-31-36(2)59-49(42-18-26-46(27-19-42)52(62)56(10,11)66)43-20-28-47(29-21-43)53(63)57(12,13)67/h14-29,35-39,48-49,58-59,64-67H,30-34H2,1-13H3. The first-order chi connectivity index (χ1) is 32.9. The summed E-state index contributed by atoms with van der Waals surface area (Å²) in [6.07, 6.45) is -0.687. The first-order valence-corrected chi connectivity index (χ1v) is 24.4. The number of ketones is 4. The molecule has 0 radical (unpaired) electrons. The maximum atomic E-state index is 12.7. The molecule has 4 aromatic carbocycles. The third kappa shape index (κ3) is 18.0. The molecule has 0 aromatic heterocycles. The summed E-state index contributed by atoms with van der Waals surface area (Å²) in [5.41, 5.74) is -1.05. The van der Waals surface area contributed by atoms with Crippen molar-refractivity contribution < 1.29 is 58.6 Å². The van der Waals surface area contributed by atoms with Crippen LogP contribution >= 0.6 is 0 Å². The number of benzene rings is 4. The Bertz CT molecular complexity index is 2200. The molecule has 0 aliphatic rings. The lowest BCUT2D eigenvalue weighted by molar-refractivity contribution is -0.0819. The summed E-state index contributed by atoms with van der Waals surface area (Å²) in [5.74, 6) is -1.55. The largest absolute Gasteiger partial charge is 0.382 e. The van der Waals surface area contributed by atoms with E-state index in [9.17, 15) is 39.6 Å². The minimum atomic E-state index is -1.51. The molecular formula is C57H78N2O12. The number of ether oxygens (including phenoxy) is 4. The smallest absolute Gasteiger partial charge is 0.193 e. The number of aliphatic hydroxyl groups is 4. The third-order valence-electron chi connectivity index (χ3n) is 11.7.